The zero-order valence-corrected chi connectivity index (χ0v) is 31.4. The molecular weight excluding hydrogens is 639 g/mol. The highest BCUT2D eigenvalue weighted by Gasteiger charge is 2.40. The van der Waals surface area contributed by atoms with Gasteiger partial charge in [0.1, 0.15) is 0 Å². The topological polar surface area (TPSA) is 3.24 Å². The minimum absolute atomic E-state index is 0.0968. The first-order valence-electron chi connectivity index (χ1n) is 20.4. The van der Waals surface area contributed by atoms with Gasteiger partial charge in [0.05, 0.1) is 0 Å². The van der Waals surface area contributed by atoms with Crippen LogP contribution in [0, 0.1) is 11.8 Å². The smallest absolute Gasteiger partial charge is 0.0465 e. The number of anilines is 3. The van der Waals surface area contributed by atoms with Crippen molar-refractivity contribution < 1.29 is 0 Å². The first-order valence-corrected chi connectivity index (χ1v) is 20.4. The zero-order valence-electron chi connectivity index (χ0n) is 31.4. The van der Waals surface area contributed by atoms with E-state index in [1.807, 2.05) is 0 Å². The summed E-state index contributed by atoms with van der Waals surface area (Å²) in [4.78, 5) is 2.49. The average Bonchev–Trinajstić information content (AvgIpc) is 3.92. The summed E-state index contributed by atoms with van der Waals surface area (Å²) in [6.07, 6.45) is 12.5. The molecule has 0 radical (unpaired) electrons. The lowest BCUT2D eigenvalue weighted by Gasteiger charge is -2.29. The third-order valence-electron chi connectivity index (χ3n) is 13.8. The molecule has 1 heteroatoms. The van der Waals surface area contributed by atoms with E-state index in [2.05, 4.69) is 158 Å². The van der Waals surface area contributed by atoms with Crippen LogP contribution in [0.2, 0.25) is 0 Å². The predicted molar refractivity (Wildman–Crippen MR) is 224 cm³/mol. The molecule has 3 unspecified atom stereocenters. The number of hydrogen-bond acceptors (Lipinski definition) is 1. The second-order valence-corrected chi connectivity index (χ2v) is 17.2. The van der Waals surface area contributed by atoms with Crippen LogP contribution in [0.4, 0.5) is 17.1 Å². The van der Waals surface area contributed by atoms with E-state index in [1.165, 1.54) is 130 Å². The molecule has 3 saturated carbocycles. The zero-order chi connectivity index (χ0) is 35.5. The first-order chi connectivity index (χ1) is 26.0. The maximum atomic E-state index is 2.49. The lowest BCUT2D eigenvalue weighted by atomic mass is 9.82. The van der Waals surface area contributed by atoms with Crippen molar-refractivity contribution in [2.45, 2.75) is 88.9 Å². The van der Waals surface area contributed by atoms with Gasteiger partial charge in [-0.2, -0.15) is 0 Å². The van der Waals surface area contributed by atoms with Crippen molar-refractivity contribution in [3.05, 3.63) is 162 Å². The van der Waals surface area contributed by atoms with Gasteiger partial charge in [-0.1, -0.05) is 137 Å². The van der Waals surface area contributed by atoms with Crippen LogP contribution >= 0.6 is 0 Å². The van der Waals surface area contributed by atoms with Gasteiger partial charge in [0.25, 0.3) is 0 Å². The Kier molecular flexibility index (Phi) is 8.16. The van der Waals surface area contributed by atoms with E-state index in [1.54, 1.807) is 0 Å². The molecule has 0 spiro atoms. The summed E-state index contributed by atoms with van der Waals surface area (Å²) in [6, 6.07) is 53.5. The van der Waals surface area contributed by atoms with Gasteiger partial charge in [0, 0.05) is 22.5 Å². The minimum Gasteiger partial charge on any atom is -0.310 e. The van der Waals surface area contributed by atoms with Crippen molar-refractivity contribution in [1.82, 2.24) is 0 Å². The Hall–Kier alpha value is -4.88. The molecule has 0 heterocycles. The lowest BCUT2D eigenvalue weighted by Crippen LogP contribution is -2.16. The third-order valence-corrected chi connectivity index (χ3v) is 13.8. The van der Waals surface area contributed by atoms with Gasteiger partial charge in [-0.25, -0.2) is 0 Å². The van der Waals surface area contributed by atoms with Crippen LogP contribution in [0.5, 0.6) is 0 Å². The van der Waals surface area contributed by atoms with Gasteiger partial charge >= 0.3 is 0 Å². The Morgan fingerprint density at radius 2 is 1.15 bits per heavy atom. The molecule has 0 N–H and O–H groups in total. The highest BCUT2D eigenvalue weighted by Crippen LogP contribution is 2.54. The number of hydrogen-bond donors (Lipinski definition) is 0. The summed E-state index contributed by atoms with van der Waals surface area (Å²) in [5, 5.41) is 0. The highest BCUT2D eigenvalue weighted by molar-refractivity contribution is 5.88. The van der Waals surface area contributed by atoms with Gasteiger partial charge in [0.2, 0.25) is 0 Å². The largest absolute Gasteiger partial charge is 0.310 e. The predicted octanol–water partition coefficient (Wildman–Crippen LogP) is 14.7. The van der Waals surface area contributed by atoms with Crippen molar-refractivity contribution in [1.29, 1.82) is 0 Å². The van der Waals surface area contributed by atoms with E-state index in [-0.39, 0.29) is 5.41 Å². The number of rotatable bonds is 7. The molecule has 264 valence electrons. The second-order valence-electron chi connectivity index (χ2n) is 17.2. The molecule has 4 aliphatic rings. The SMILES string of the molecule is CC1(C)c2ccc(-c3ccccc3)cc2-c2ccc(N(c3ccc(-c4cccc(C5CCCCC5)c4)cc3)c3ccc(C4CC5CCC4C5)cc3)cc21. The van der Waals surface area contributed by atoms with E-state index < -0.39 is 0 Å². The van der Waals surface area contributed by atoms with Gasteiger partial charge in [0.15, 0.2) is 0 Å². The quantitative estimate of drug-likeness (QED) is 0.161. The first kappa shape index (κ1) is 32.7. The van der Waals surface area contributed by atoms with E-state index in [0.717, 1.165) is 17.8 Å². The molecule has 53 heavy (non-hydrogen) atoms. The normalized spacial score (nSPS) is 21.4. The van der Waals surface area contributed by atoms with Gasteiger partial charge in [-0.3, -0.25) is 0 Å². The Balaban J connectivity index is 1.03. The van der Waals surface area contributed by atoms with Crippen LogP contribution in [0.25, 0.3) is 33.4 Å². The highest BCUT2D eigenvalue weighted by atomic mass is 15.1. The van der Waals surface area contributed by atoms with E-state index in [4.69, 9.17) is 0 Å². The van der Waals surface area contributed by atoms with E-state index in [0.29, 0.717) is 5.92 Å². The molecule has 6 aromatic rings. The number of nitrogens with zero attached hydrogens (tertiary/aromatic N) is 1. The molecule has 10 rings (SSSR count). The standard InChI is InChI=1S/C52H51N/c1-52(2)50-29-22-42(37-12-7-4-8-13-37)33-49(50)47-28-27-46(34-51(47)52)53(45-25-20-39(21-26-45)48-31-35-16-17-43(48)30-35)44-23-18-38(19-24-44)41-15-9-14-40(32-41)36-10-5-3-6-11-36/h4,7-9,12-15,18-29,32-36,43,48H,3,5-6,10-11,16-17,30-31H2,1-2H3. The summed E-state index contributed by atoms with van der Waals surface area (Å²) < 4.78 is 0. The fraction of sp³-hybridized carbons (Fsp3) is 0.308. The Bertz CT molecular complexity index is 2250. The molecule has 1 nitrogen and oxygen atoms in total. The maximum absolute atomic E-state index is 2.49. The molecular formula is C52H51N. The van der Waals surface area contributed by atoms with Crippen LogP contribution in [-0.2, 0) is 5.41 Å². The van der Waals surface area contributed by atoms with Crippen molar-refractivity contribution in [2.24, 2.45) is 11.8 Å². The fourth-order valence-corrected chi connectivity index (χ4v) is 10.9. The van der Waals surface area contributed by atoms with Gasteiger partial charge < -0.3 is 4.90 Å². The molecule has 6 aromatic carbocycles. The van der Waals surface area contributed by atoms with E-state index >= 15 is 0 Å². The molecule has 0 aromatic heterocycles. The van der Waals surface area contributed by atoms with Crippen molar-refractivity contribution >= 4 is 17.1 Å². The molecule has 0 amide bonds. The van der Waals surface area contributed by atoms with Crippen molar-refractivity contribution in [3.8, 4) is 33.4 Å². The minimum atomic E-state index is -0.0968. The summed E-state index contributed by atoms with van der Waals surface area (Å²) >= 11 is 0. The van der Waals surface area contributed by atoms with Crippen molar-refractivity contribution in [3.63, 3.8) is 0 Å². The summed E-state index contributed by atoms with van der Waals surface area (Å²) in [6.45, 7) is 4.79. The molecule has 3 fully saturated rings. The van der Waals surface area contributed by atoms with E-state index in [9.17, 15) is 0 Å². The Morgan fingerprint density at radius 3 is 1.89 bits per heavy atom. The number of benzene rings is 6. The number of fused-ring (bicyclic) bond motifs is 5. The van der Waals surface area contributed by atoms with Crippen LogP contribution < -0.4 is 4.90 Å². The summed E-state index contributed by atoms with van der Waals surface area (Å²) in [5.74, 6) is 3.28. The van der Waals surface area contributed by atoms with Crippen LogP contribution in [0.1, 0.15) is 106 Å². The molecule has 2 bridgehead atoms. The third kappa shape index (κ3) is 5.84. The van der Waals surface area contributed by atoms with Gasteiger partial charge in [-0.15, -0.1) is 0 Å². The lowest BCUT2D eigenvalue weighted by molar-refractivity contribution is 0.420. The Labute approximate surface area is 316 Å². The van der Waals surface area contributed by atoms with Crippen molar-refractivity contribution in [2.75, 3.05) is 4.90 Å². The summed E-state index contributed by atoms with van der Waals surface area (Å²) in [5.41, 5.74) is 17.3. The maximum Gasteiger partial charge on any atom is 0.0465 e. The average molecular weight is 690 g/mol. The Morgan fingerprint density at radius 1 is 0.472 bits per heavy atom. The molecule has 4 aliphatic carbocycles. The van der Waals surface area contributed by atoms with Crippen LogP contribution in [-0.4, -0.2) is 0 Å². The molecule has 0 aliphatic heterocycles. The van der Waals surface area contributed by atoms with Crippen LogP contribution in [0.3, 0.4) is 0 Å². The molecule has 3 atom stereocenters. The van der Waals surface area contributed by atoms with Crippen LogP contribution in [0.15, 0.2) is 140 Å². The molecule has 0 saturated heterocycles. The second kappa shape index (κ2) is 13.2. The monoisotopic (exact) mass is 689 g/mol. The van der Waals surface area contributed by atoms with Gasteiger partial charge in [-0.05, 0) is 154 Å². The fourth-order valence-electron chi connectivity index (χ4n) is 10.9. The summed E-state index contributed by atoms with van der Waals surface area (Å²) in [7, 11) is 0.